The monoisotopic (exact) mass is 391 g/mol. The molecular weight excluding hydrogens is 373 g/mol. The molecule has 2 aromatic heterocycles. The van der Waals surface area contributed by atoms with Crippen molar-refractivity contribution in [2.24, 2.45) is 0 Å². The van der Waals surface area contributed by atoms with E-state index in [-0.39, 0.29) is 12.3 Å². The van der Waals surface area contributed by atoms with Crippen LogP contribution in [-0.2, 0) is 11.2 Å². The third-order valence-corrected chi connectivity index (χ3v) is 4.67. The lowest BCUT2D eigenvalue weighted by atomic mass is 10.1. The Balaban J connectivity index is 2.34. The molecule has 0 aliphatic rings. The number of benzene rings is 1. The molecule has 0 bridgehead atoms. The number of nitrogens with zero attached hydrogens (tertiary/aromatic N) is 3. The molecule has 0 aliphatic carbocycles. The summed E-state index contributed by atoms with van der Waals surface area (Å²) in [6, 6.07) is 7.07. The Hall–Kier alpha value is -2.11. The highest BCUT2D eigenvalue weighted by molar-refractivity contribution is 6.39. The fourth-order valence-electron chi connectivity index (χ4n) is 2.96. The predicted molar refractivity (Wildman–Crippen MR) is 103 cm³/mol. The highest BCUT2D eigenvalue weighted by Gasteiger charge is 2.22. The van der Waals surface area contributed by atoms with E-state index < -0.39 is 5.97 Å². The van der Waals surface area contributed by atoms with Crippen LogP contribution in [0.15, 0.2) is 24.3 Å². The Bertz CT molecular complexity index is 962. The molecule has 26 heavy (non-hydrogen) atoms. The zero-order chi connectivity index (χ0) is 18.8. The number of ether oxygens (including phenoxy) is 1. The van der Waals surface area contributed by atoms with Crippen LogP contribution in [0.2, 0.25) is 10.0 Å². The van der Waals surface area contributed by atoms with Gasteiger partial charge in [0.15, 0.2) is 11.3 Å². The summed E-state index contributed by atoms with van der Waals surface area (Å²) in [6.45, 7) is 6.00. The second-order valence-electron chi connectivity index (χ2n) is 5.90. The zero-order valence-corrected chi connectivity index (χ0v) is 16.4. The van der Waals surface area contributed by atoms with Crippen LogP contribution in [0.4, 0.5) is 0 Å². The Morgan fingerprint density at radius 2 is 1.88 bits per heavy atom. The van der Waals surface area contributed by atoms with Crippen LogP contribution in [0.5, 0.6) is 0 Å². The molecular formula is C19H19Cl2N3O2. The maximum absolute atomic E-state index is 12.3. The topological polar surface area (TPSA) is 56.5 Å². The fourth-order valence-corrected chi connectivity index (χ4v) is 3.54. The molecule has 0 saturated heterocycles. The van der Waals surface area contributed by atoms with E-state index in [2.05, 4.69) is 17.0 Å². The van der Waals surface area contributed by atoms with Crippen molar-refractivity contribution in [3.63, 3.8) is 0 Å². The molecule has 0 N–H and O–H groups in total. The summed E-state index contributed by atoms with van der Waals surface area (Å²) in [7, 11) is 0. The molecule has 0 atom stereocenters. The van der Waals surface area contributed by atoms with Gasteiger partial charge in [0.05, 0.1) is 27.9 Å². The SMILES string of the molecule is CCCc1cc(C(=O)OCC)nc2c(-c3c(Cl)cccc3Cl)c(C)nn12. The molecule has 3 aromatic rings. The maximum atomic E-state index is 12.3. The first kappa shape index (κ1) is 18.7. The number of carbonyl (C=O) groups is 1. The molecule has 0 unspecified atom stereocenters. The normalized spacial score (nSPS) is 11.1. The first-order valence-corrected chi connectivity index (χ1v) is 9.24. The van der Waals surface area contributed by atoms with Crippen LogP contribution >= 0.6 is 23.2 Å². The summed E-state index contributed by atoms with van der Waals surface area (Å²) in [5.74, 6) is -0.456. The number of aromatic nitrogens is 3. The van der Waals surface area contributed by atoms with Crippen LogP contribution in [-0.4, -0.2) is 27.2 Å². The van der Waals surface area contributed by atoms with Crippen molar-refractivity contribution in [3.8, 4) is 11.1 Å². The van der Waals surface area contributed by atoms with Gasteiger partial charge >= 0.3 is 5.97 Å². The minimum Gasteiger partial charge on any atom is -0.461 e. The molecule has 2 heterocycles. The van der Waals surface area contributed by atoms with Crippen molar-refractivity contribution < 1.29 is 9.53 Å². The molecule has 0 aliphatic heterocycles. The lowest BCUT2D eigenvalue weighted by molar-refractivity contribution is 0.0519. The minimum atomic E-state index is -0.456. The molecule has 0 saturated carbocycles. The van der Waals surface area contributed by atoms with E-state index in [4.69, 9.17) is 27.9 Å². The molecule has 3 rings (SSSR count). The van der Waals surface area contributed by atoms with Crippen molar-refractivity contribution >= 4 is 34.8 Å². The van der Waals surface area contributed by atoms with Gasteiger partial charge in [0.1, 0.15) is 0 Å². The van der Waals surface area contributed by atoms with Crippen LogP contribution in [0.25, 0.3) is 16.8 Å². The van der Waals surface area contributed by atoms with E-state index in [0.717, 1.165) is 29.8 Å². The van der Waals surface area contributed by atoms with Gasteiger partial charge < -0.3 is 4.74 Å². The number of fused-ring (bicyclic) bond motifs is 1. The first-order chi connectivity index (χ1) is 12.5. The highest BCUT2D eigenvalue weighted by atomic mass is 35.5. The van der Waals surface area contributed by atoms with Gasteiger partial charge in [0.25, 0.3) is 0 Å². The summed E-state index contributed by atoms with van der Waals surface area (Å²) in [4.78, 5) is 16.8. The van der Waals surface area contributed by atoms with E-state index >= 15 is 0 Å². The van der Waals surface area contributed by atoms with Crippen molar-refractivity contribution in [2.75, 3.05) is 6.61 Å². The Labute approximate surface area is 161 Å². The average Bonchev–Trinajstić information content (AvgIpc) is 2.92. The van der Waals surface area contributed by atoms with E-state index in [1.54, 1.807) is 35.7 Å². The molecule has 7 heteroatoms. The van der Waals surface area contributed by atoms with Crippen LogP contribution in [0, 0.1) is 6.92 Å². The van der Waals surface area contributed by atoms with Crippen molar-refractivity contribution in [3.05, 3.63) is 51.4 Å². The molecule has 0 spiro atoms. The van der Waals surface area contributed by atoms with E-state index in [1.165, 1.54) is 0 Å². The van der Waals surface area contributed by atoms with Crippen LogP contribution in [0.1, 0.15) is 42.1 Å². The van der Waals surface area contributed by atoms with Gasteiger partial charge in [-0.1, -0.05) is 42.6 Å². The molecule has 0 fully saturated rings. The Kier molecular flexibility index (Phi) is 5.49. The van der Waals surface area contributed by atoms with E-state index in [0.29, 0.717) is 21.3 Å². The molecule has 5 nitrogen and oxygen atoms in total. The highest BCUT2D eigenvalue weighted by Crippen LogP contribution is 2.38. The predicted octanol–water partition coefficient (Wildman–Crippen LogP) is 5.14. The number of rotatable bonds is 5. The zero-order valence-electron chi connectivity index (χ0n) is 14.8. The second kappa shape index (κ2) is 7.64. The van der Waals surface area contributed by atoms with E-state index in [1.807, 2.05) is 6.92 Å². The van der Waals surface area contributed by atoms with Gasteiger partial charge in [-0.3, -0.25) is 0 Å². The van der Waals surface area contributed by atoms with Crippen LogP contribution in [0.3, 0.4) is 0 Å². The third-order valence-electron chi connectivity index (χ3n) is 4.04. The fraction of sp³-hybridized carbons (Fsp3) is 0.316. The first-order valence-electron chi connectivity index (χ1n) is 8.48. The minimum absolute atomic E-state index is 0.257. The average molecular weight is 392 g/mol. The summed E-state index contributed by atoms with van der Waals surface area (Å²) >= 11 is 12.8. The molecule has 0 radical (unpaired) electrons. The van der Waals surface area contributed by atoms with Gasteiger partial charge in [-0.2, -0.15) is 5.10 Å². The lowest BCUT2D eigenvalue weighted by Gasteiger charge is -2.09. The number of carbonyl (C=O) groups excluding carboxylic acids is 1. The standard InChI is InChI=1S/C19H19Cl2N3O2/c1-4-7-12-10-15(19(25)26-5-2)22-18-16(11(3)23-24(12)18)17-13(20)8-6-9-14(17)21/h6,8-10H,4-5,7H2,1-3H3. The Morgan fingerprint density at radius 3 is 2.50 bits per heavy atom. The number of hydrogen-bond acceptors (Lipinski definition) is 4. The number of aryl methyl sites for hydroxylation is 2. The number of halogens is 2. The summed E-state index contributed by atoms with van der Waals surface area (Å²) < 4.78 is 6.89. The smallest absolute Gasteiger partial charge is 0.357 e. The summed E-state index contributed by atoms with van der Waals surface area (Å²) in [5.41, 5.74) is 3.82. The van der Waals surface area contributed by atoms with Crippen molar-refractivity contribution in [2.45, 2.75) is 33.6 Å². The van der Waals surface area contributed by atoms with Gasteiger partial charge in [0.2, 0.25) is 0 Å². The van der Waals surface area contributed by atoms with Crippen LogP contribution < -0.4 is 0 Å². The van der Waals surface area contributed by atoms with Gasteiger partial charge in [-0.05, 0) is 38.5 Å². The molecule has 1 aromatic carbocycles. The quantitative estimate of drug-likeness (QED) is 0.564. The van der Waals surface area contributed by atoms with Gasteiger partial charge in [0, 0.05) is 11.3 Å². The summed E-state index contributed by atoms with van der Waals surface area (Å²) in [5, 5.41) is 5.64. The van der Waals surface area contributed by atoms with E-state index in [9.17, 15) is 4.79 Å². The van der Waals surface area contributed by atoms with Crippen molar-refractivity contribution in [1.29, 1.82) is 0 Å². The summed E-state index contributed by atoms with van der Waals surface area (Å²) in [6.07, 6.45) is 1.66. The van der Waals surface area contributed by atoms with Gasteiger partial charge in [-0.25, -0.2) is 14.3 Å². The van der Waals surface area contributed by atoms with Crippen molar-refractivity contribution in [1.82, 2.24) is 14.6 Å². The number of esters is 1. The maximum Gasteiger partial charge on any atom is 0.357 e. The van der Waals surface area contributed by atoms with Gasteiger partial charge in [-0.15, -0.1) is 0 Å². The molecule has 0 amide bonds. The number of hydrogen-bond donors (Lipinski definition) is 0. The Morgan fingerprint density at radius 1 is 1.19 bits per heavy atom. The second-order valence-corrected chi connectivity index (χ2v) is 6.71. The third kappa shape index (κ3) is 3.29. The largest absolute Gasteiger partial charge is 0.461 e. The lowest BCUT2D eigenvalue weighted by Crippen LogP contribution is -2.11. The molecule has 136 valence electrons.